The van der Waals surface area contributed by atoms with Crippen molar-refractivity contribution < 1.29 is 107 Å². The van der Waals surface area contributed by atoms with Crippen molar-refractivity contribution in [2.45, 2.75) is 266 Å². The highest BCUT2D eigenvalue weighted by Crippen LogP contribution is 2.28. The van der Waals surface area contributed by atoms with Crippen molar-refractivity contribution >= 4 is 41.9 Å². The van der Waals surface area contributed by atoms with Crippen LogP contribution in [0.5, 0.6) is 0 Å². The van der Waals surface area contributed by atoms with Crippen LogP contribution in [-0.4, -0.2) is 250 Å². The number of alkyl carbamates (subject to hydrolysis) is 3. The van der Waals surface area contributed by atoms with Crippen LogP contribution < -0.4 is 54.4 Å². The standard InChI is InChI=1S/C64H120N10O22/c1-2-51(81)74-64(24-18-36-91-61(85)71-30-12-6-3-9-27-68-52(82)21-15-33-88-58-55(65)48(78)39-45(42-75)94-58,25-19-37-92-62(86)72-31-13-7-4-10-28-69-53(83)22-16-34-89-59-56(66)49(79)40-46(43-76)95-59)26-20-38-93-63(87)73-32-14-8-5-11-29-70-54(84)23-17-35-90-60-57(67)50(80)41-47(44-77)96-60/h45-50,55-60,75-80H,2-44,65-67H2,1H3,(H,68,82)(H,69,83)(H,70,84)(H,71,85)(H,72,86)(H,73,87)(H,74,81). The van der Waals surface area contributed by atoms with Gasteiger partial charge in [-0.2, -0.15) is 0 Å². The van der Waals surface area contributed by atoms with Crippen molar-refractivity contribution in [3.8, 4) is 0 Å². The van der Waals surface area contributed by atoms with E-state index in [-0.39, 0.29) is 128 Å². The van der Waals surface area contributed by atoms with Crippen molar-refractivity contribution in [2.75, 3.05) is 98.7 Å². The summed E-state index contributed by atoms with van der Waals surface area (Å²) in [5, 5.41) is 78.5. The van der Waals surface area contributed by atoms with Crippen molar-refractivity contribution in [3.63, 3.8) is 0 Å². The van der Waals surface area contributed by atoms with Gasteiger partial charge in [-0.1, -0.05) is 45.4 Å². The summed E-state index contributed by atoms with van der Waals surface area (Å²) < 4.78 is 50.1. The number of ether oxygens (including phenoxy) is 9. The van der Waals surface area contributed by atoms with Gasteiger partial charge in [-0.25, -0.2) is 14.4 Å². The third-order valence-electron chi connectivity index (χ3n) is 16.8. The molecule has 3 fully saturated rings. The molecule has 0 aliphatic carbocycles. The number of hydrogen-bond donors (Lipinski definition) is 16. The van der Waals surface area contributed by atoms with Crippen LogP contribution in [0.2, 0.25) is 0 Å². The molecule has 3 heterocycles. The Morgan fingerprint density at radius 2 is 0.656 bits per heavy atom. The molecule has 12 atom stereocenters. The molecular weight excluding hydrogens is 1260 g/mol. The number of nitrogens with one attached hydrogen (secondary N) is 7. The molecule has 0 saturated carbocycles. The number of nitrogens with two attached hydrogens (primary N) is 3. The van der Waals surface area contributed by atoms with Crippen LogP contribution in [0.4, 0.5) is 14.4 Å². The van der Waals surface area contributed by atoms with Crippen LogP contribution in [-0.2, 0) is 61.8 Å². The number of carbonyl (C=O) groups excluding carboxylic acids is 7. The Morgan fingerprint density at radius 3 is 0.917 bits per heavy atom. The molecule has 0 aromatic carbocycles. The molecule has 12 unspecified atom stereocenters. The fraction of sp³-hybridized carbons (Fsp3) is 0.891. The fourth-order valence-electron chi connectivity index (χ4n) is 11.1. The van der Waals surface area contributed by atoms with Gasteiger partial charge in [0.15, 0.2) is 18.9 Å². The van der Waals surface area contributed by atoms with Gasteiger partial charge in [0.25, 0.3) is 0 Å². The first-order valence-corrected chi connectivity index (χ1v) is 35.1. The van der Waals surface area contributed by atoms with Crippen molar-refractivity contribution in [2.24, 2.45) is 17.2 Å². The van der Waals surface area contributed by atoms with E-state index in [0.29, 0.717) is 116 Å². The second kappa shape index (κ2) is 52.2. The van der Waals surface area contributed by atoms with E-state index < -0.39 is 97.4 Å². The zero-order chi connectivity index (χ0) is 70.2. The highest BCUT2D eigenvalue weighted by atomic mass is 16.7. The number of hydrogen-bond acceptors (Lipinski definition) is 25. The quantitative estimate of drug-likeness (QED) is 0.0292. The zero-order valence-electron chi connectivity index (χ0n) is 56.8. The van der Waals surface area contributed by atoms with Gasteiger partial charge in [-0.15, -0.1) is 0 Å². The molecule has 0 aromatic heterocycles. The summed E-state index contributed by atoms with van der Waals surface area (Å²) in [6.07, 6.45) is 6.01. The normalized spacial score (nSPS) is 24.0. The lowest BCUT2D eigenvalue weighted by molar-refractivity contribution is -0.231. The lowest BCUT2D eigenvalue weighted by Crippen LogP contribution is -2.55. The van der Waals surface area contributed by atoms with Crippen LogP contribution in [0.25, 0.3) is 0 Å². The number of aliphatic hydroxyl groups excluding tert-OH is 6. The minimum Gasteiger partial charge on any atom is -0.450 e. The summed E-state index contributed by atoms with van der Waals surface area (Å²) in [4.78, 5) is 88.1. The molecule has 3 saturated heterocycles. The maximum Gasteiger partial charge on any atom is 0.407 e. The number of amides is 7. The molecule has 7 amide bonds. The Hall–Kier alpha value is -4.91. The molecule has 558 valence electrons. The Labute approximate surface area is 565 Å². The Morgan fingerprint density at radius 1 is 0.385 bits per heavy atom. The topological polar surface area (TPSA) is 486 Å². The van der Waals surface area contributed by atoms with Gasteiger partial charge in [0.1, 0.15) is 0 Å². The summed E-state index contributed by atoms with van der Waals surface area (Å²) in [6.45, 7) is 4.45. The van der Waals surface area contributed by atoms with Gasteiger partial charge in [0.05, 0.1) is 114 Å². The monoisotopic (exact) mass is 1380 g/mol. The summed E-state index contributed by atoms with van der Waals surface area (Å²) >= 11 is 0. The Kier molecular flexibility index (Phi) is 46.3. The van der Waals surface area contributed by atoms with Crippen LogP contribution in [0.3, 0.4) is 0 Å². The van der Waals surface area contributed by atoms with E-state index in [1.807, 2.05) is 0 Å². The molecular formula is C64H120N10O22. The third kappa shape index (κ3) is 38.4. The molecule has 0 radical (unpaired) electrons. The fourth-order valence-corrected chi connectivity index (χ4v) is 11.1. The second-order valence-electron chi connectivity index (χ2n) is 25.0. The number of unbranched alkanes of at least 4 members (excludes halogenated alkanes) is 9. The van der Waals surface area contributed by atoms with Gasteiger partial charge < -0.3 is 128 Å². The average Bonchev–Trinajstić information content (AvgIpc) is 0.937. The predicted molar refractivity (Wildman–Crippen MR) is 350 cm³/mol. The van der Waals surface area contributed by atoms with Crippen LogP contribution in [0, 0.1) is 0 Å². The Balaban J connectivity index is 1.34. The van der Waals surface area contributed by atoms with E-state index in [9.17, 15) is 64.2 Å². The van der Waals surface area contributed by atoms with Gasteiger partial charge in [-0.05, 0) is 96.3 Å². The molecule has 3 rings (SSSR count). The van der Waals surface area contributed by atoms with Crippen molar-refractivity contribution in [3.05, 3.63) is 0 Å². The van der Waals surface area contributed by atoms with E-state index >= 15 is 0 Å². The van der Waals surface area contributed by atoms with E-state index in [0.717, 1.165) is 57.8 Å². The lowest BCUT2D eigenvalue weighted by Gasteiger charge is -2.36. The van der Waals surface area contributed by atoms with Crippen molar-refractivity contribution in [1.29, 1.82) is 0 Å². The van der Waals surface area contributed by atoms with Crippen LogP contribution in [0.15, 0.2) is 0 Å². The molecule has 3 aliphatic rings. The number of rotatable bonds is 53. The summed E-state index contributed by atoms with van der Waals surface area (Å²) in [6, 6.07) is -2.23. The smallest absolute Gasteiger partial charge is 0.407 e. The van der Waals surface area contributed by atoms with Crippen LogP contribution in [0.1, 0.15) is 187 Å². The highest BCUT2D eigenvalue weighted by Gasteiger charge is 2.39. The molecule has 96 heavy (non-hydrogen) atoms. The first-order valence-electron chi connectivity index (χ1n) is 35.1. The summed E-state index contributed by atoms with van der Waals surface area (Å²) in [7, 11) is 0. The maximum absolute atomic E-state index is 13.1. The van der Waals surface area contributed by atoms with Gasteiger partial charge in [0.2, 0.25) is 23.6 Å². The minimum absolute atomic E-state index is 0.0622. The van der Waals surface area contributed by atoms with E-state index in [4.69, 9.17) is 59.8 Å². The molecule has 19 N–H and O–H groups in total. The second-order valence-corrected chi connectivity index (χ2v) is 25.0. The lowest BCUT2D eigenvalue weighted by atomic mass is 9.83. The molecule has 0 bridgehead atoms. The minimum atomic E-state index is -0.860. The first kappa shape index (κ1) is 85.3. The van der Waals surface area contributed by atoms with Crippen molar-refractivity contribution in [1.82, 2.24) is 37.2 Å². The predicted octanol–water partition coefficient (Wildman–Crippen LogP) is 0.577. The average molecular weight is 1380 g/mol. The first-order chi connectivity index (χ1) is 46.3. The van der Waals surface area contributed by atoms with Gasteiger partial charge >= 0.3 is 18.3 Å². The zero-order valence-corrected chi connectivity index (χ0v) is 56.8. The molecule has 32 nitrogen and oxygen atoms in total. The summed E-state index contributed by atoms with van der Waals surface area (Å²) in [5.74, 6) is -0.561. The SMILES string of the molecule is CCC(=O)NC(CCCOC(=O)NCCCCCCNC(=O)CCCOC1OC(CO)CC(O)C1N)(CCCOC(=O)NCCCCCCNC(=O)CCCOC1OC(CO)CC(O)C1N)CCCOC(=O)NCCCCCCNC(=O)CCCOC1OC(CO)CC(O)C1N. The van der Waals surface area contributed by atoms with Gasteiger partial charge in [-0.3, -0.25) is 19.2 Å². The largest absolute Gasteiger partial charge is 0.450 e. The van der Waals surface area contributed by atoms with E-state index in [1.165, 1.54) is 0 Å². The number of aliphatic hydroxyl groups is 6. The van der Waals surface area contributed by atoms with E-state index in [1.54, 1.807) is 6.92 Å². The molecule has 32 heteroatoms. The highest BCUT2D eigenvalue weighted by molar-refractivity contribution is 5.77. The molecule has 3 aliphatic heterocycles. The summed E-state index contributed by atoms with van der Waals surface area (Å²) in [5.41, 5.74) is 17.0. The Bertz CT molecular complexity index is 1920. The maximum atomic E-state index is 13.1. The third-order valence-corrected chi connectivity index (χ3v) is 16.8. The van der Waals surface area contributed by atoms with Crippen LogP contribution >= 0.6 is 0 Å². The number of carbonyl (C=O) groups is 7. The molecule has 0 spiro atoms. The molecule has 0 aromatic rings. The van der Waals surface area contributed by atoms with Gasteiger partial charge in [0, 0.05) is 89.8 Å². The van der Waals surface area contributed by atoms with E-state index in [2.05, 4.69) is 37.2 Å².